The van der Waals surface area contributed by atoms with Crippen LogP contribution in [-0.2, 0) is 4.79 Å². The summed E-state index contributed by atoms with van der Waals surface area (Å²) < 4.78 is 1.21. The first-order chi connectivity index (χ1) is 8.08. The molecule has 0 aliphatic rings. The third-order valence-electron chi connectivity index (χ3n) is 2.71. The van der Waals surface area contributed by atoms with Crippen LogP contribution in [-0.4, -0.2) is 17.1 Å². The fourth-order valence-corrected chi connectivity index (χ4v) is 2.52. The van der Waals surface area contributed by atoms with Crippen LogP contribution in [0.3, 0.4) is 0 Å². The molecule has 0 saturated heterocycles. The van der Waals surface area contributed by atoms with E-state index in [9.17, 15) is 4.79 Å². The van der Waals surface area contributed by atoms with Crippen molar-refractivity contribution < 1.29 is 9.90 Å². The van der Waals surface area contributed by atoms with Crippen molar-refractivity contribution >= 4 is 33.1 Å². The number of carboxylic acid groups (broad SMARTS) is 1. The number of aliphatic carboxylic acids is 1. The molecule has 4 heteroatoms. The van der Waals surface area contributed by atoms with Crippen LogP contribution in [0.4, 0.5) is 5.69 Å². The summed E-state index contributed by atoms with van der Waals surface area (Å²) in [5.41, 5.74) is 0.858. The van der Waals surface area contributed by atoms with E-state index in [0.29, 0.717) is 0 Å². The molecule has 90 valence electrons. The summed E-state index contributed by atoms with van der Waals surface area (Å²) in [4.78, 5) is 11.1. The minimum Gasteiger partial charge on any atom is -0.480 e. The second-order valence-electron chi connectivity index (χ2n) is 4.38. The third kappa shape index (κ3) is 2.58. The first-order valence-corrected chi connectivity index (χ1v) is 6.42. The zero-order chi connectivity index (χ0) is 12.4. The van der Waals surface area contributed by atoms with Crippen LogP contribution < -0.4 is 5.32 Å². The number of hydrogen-bond donors (Lipinski definition) is 2. The standard InChI is InChI=1S/C13H15NO2S/c1-8(2)12(13(15)16)14-10-3-4-11-9(7-10)5-6-17-11/h3-8,12,14H,1-2H3,(H,15,16). The molecule has 0 radical (unpaired) electrons. The van der Waals surface area contributed by atoms with Gasteiger partial charge in [0.25, 0.3) is 0 Å². The summed E-state index contributed by atoms with van der Waals surface area (Å²) in [6.07, 6.45) is 0. The lowest BCUT2D eigenvalue weighted by Crippen LogP contribution is -2.34. The number of fused-ring (bicyclic) bond motifs is 1. The predicted octanol–water partition coefficient (Wildman–Crippen LogP) is 3.42. The van der Waals surface area contributed by atoms with Crippen molar-refractivity contribution in [3.8, 4) is 0 Å². The van der Waals surface area contributed by atoms with Crippen LogP contribution in [0.5, 0.6) is 0 Å². The Labute approximate surface area is 104 Å². The van der Waals surface area contributed by atoms with Gasteiger partial charge in [-0.25, -0.2) is 4.79 Å². The van der Waals surface area contributed by atoms with Crippen LogP contribution in [0.25, 0.3) is 10.1 Å². The highest BCUT2D eigenvalue weighted by Gasteiger charge is 2.20. The quantitative estimate of drug-likeness (QED) is 0.872. The number of rotatable bonds is 4. The molecule has 2 N–H and O–H groups in total. The minimum absolute atomic E-state index is 0.0469. The molecule has 0 aliphatic carbocycles. The number of benzene rings is 1. The SMILES string of the molecule is CC(C)C(Nc1ccc2sccc2c1)C(=O)O. The molecule has 17 heavy (non-hydrogen) atoms. The number of carbonyl (C=O) groups is 1. The van der Waals surface area contributed by atoms with E-state index in [1.54, 1.807) is 11.3 Å². The van der Waals surface area contributed by atoms with Gasteiger partial charge in [-0.1, -0.05) is 13.8 Å². The molecule has 0 spiro atoms. The molecule has 1 unspecified atom stereocenters. The van der Waals surface area contributed by atoms with Crippen molar-refractivity contribution in [1.82, 2.24) is 0 Å². The molecule has 0 aliphatic heterocycles. The molecule has 3 nitrogen and oxygen atoms in total. The monoisotopic (exact) mass is 249 g/mol. The van der Waals surface area contributed by atoms with E-state index in [1.165, 1.54) is 4.70 Å². The lowest BCUT2D eigenvalue weighted by atomic mass is 10.0. The van der Waals surface area contributed by atoms with E-state index in [4.69, 9.17) is 5.11 Å². The Morgan fingerprint density at radius 3 is 2.76 bits per heavy atom. The van der Waals surface area contributed by atoms with E-state index < -0.39 is 12.0 Å². The van der Waals surface area contributed by atoms with Crippen molar-refractivity contribution in [1.29, 1.82) is 0 Å². The molecule has 0 fully saturated rings. The van der Waals surface area contributed by atoms with E-state index in [0.717, 1.165) is 11.1 Å². The fraction of sp³-hybridized carbons (Fsp3) is 0.308. The van der Waals surface area contributed by atoms with E-state index in [1.807, 2.05) is 43.5 Å². The number of thiophene rings is 1. The van der Waals surface area contributed by atoms with Crippen LogP contribution in [0.15, 0.2) is 29.6 Å². The highest BCUT2D eigenvalue weighted by atomic mass is 32.1. The molecule has 2 aromatic rings. The van der Waals surface area contributed by atoms with Gasteiger partial charge in [0.05, 0.1) is 0 Å². The first kappa shape index (κ1) is 11.9. The number of anilines is 1. The lowest BCUT2D eigenvalue weighted by molar-refractivity contribution is -0.138. The average Bonchev–Trinajstić information content (AvgIpc) is 2.71. The van der Waals surface area contributed by atoms with Gasteiger partial charge in [-0.3, -0.25) is 0 Å². The molecular formula is C13H15NO2S. The maximum atomic E-state index is 11.1. The van der Waals surface area contributed by atoms with Crippen LogP contribution in [0.1, 0.15) is 13.8 Å². The highest BCUT2D eigenvalue weighted by molar-refractivity contribution is 7.17. The maximum absolute atomic E-state index is 11.1. The first-order valence-electron chi connectivity index (χ1n) is 5.54. The molecule has 0 bridgehead atoms. The third-order valence-corrected chi connectivity index (χ3v) is 3.61. The average molecular weight is 249 g/mol. The van der Waals surface area contributed by atoms with Gasteiger partial charge < -0.3 is 10.4 Å². The molecule has 2 rings (SSSR count). The largest absolute Gasteiger partial charge is 0.480 e. The minimum atomic E-state index is -0.814. The van der Waals surface area contributed by atoms with Crippen molar-refractivity contribution in [2.45, 2.75) is 19.9 Å². The van der Waals surface area contributed by atoms with Crippen LogP contribution in [0, 0.1) is 5.92 Å². The Morgan fingerprint density at radius 1 is 1.35 bits per heavy atom. The van der Waals surface area contributed by atoms with E-state index in [2.05, 4.69) is 5.32 Å². The normalized spacial score (nSPS) is 12.9. The van der Waals surface area contributed by atoms with Gasteiger partial charge in [0, 0.05) is 10.4 Å². The Morgan fingerprint density at radius 2 is 2.12 bits per heavy atom. The van der Waals surface area contributed by atoms with Gasteiger partial charge in [-0.05, 0) is 40.9 Å². The summed E-state index contributed by atoms with van der Waals surface area (Å²) in [5, 5.41) is 15.4. The zero-order valence-corrected chi connectivity index (χ0v) is 10.6. The lowest BCUT2D eigenvalue weighted by Gasteiger charge is -2.19. The van der Waals surface area contributed by atoms with Crippen LogP contribution >= 0.6 is 11.3 Å². The van der Waals surface area contributed by atoms with Crippen molar-refractivity contribution in [3.63, 3.8) is 0 Å². The smallest absolute Gasteiger partial charge is 0.326 e. The van der Waals surface area contributed by atoms with Crippen molar-refractivity contribution in [3.05, 3.63) is 29.6 Å². The van der Waals surface area contributed by atoms with Gasteiger partial charge in [0.1, 0.15) is 6.04 Å². The molecule has 0 amide bonds. The van der Waals surface area contributed by atoms with Gasteiger partial charge in [-0.2, -0.15) is 0 Å². The van der Waals surface area contributed by atoms with Crippen molar-refractivity contribution in [2.75, 3.05) is 5.32 Å². The number of hydrogen-bond acceptors (Lipinski definition) is 3. The summed E-state index contributed by atoms with van der Waals surface area (Å²) in [6, 6.07) is 7.42. The Balaban J connectivity index is 2.24. The summed E-state index contributed by atoms with van der Waals surface area (Å²) in [5.74, 6) is -0.768. The van der Waals surface area contributed by atoms with Crippen LogP contribution in [0.2, 0.25) is 0 Å². The number of carboxylic acids is 1. The Bertz CT molecular complexity index is 533. The Kier molecular flexibility index (Phi) is 3.33. The Hall–Kier alpha value is -1.55. The van der Waals surface area contributed by atoms with E-state index in [-0.39, 0.29) is 5.92 Å². The molecule has 1 heterocycles. The van der Waals surface area contributed by atoms with Crippen molar-refractivity contribution in [2.24, 2.45) is 5.92 Å². The zero-order valence-electron chi connectivity index (χ0n) is 9.81. The summed E-state index contributed by atoms with van der Waals surface area (Å²) in [7, 11) is 0. The predicted molar refractivity (Wildman–Crippen MR) is 71.7 cm³/mol. The second kappa shape index (κ2) is 4.75. The highest BCUT2D eigenvalue weighted by Crippen LogP contribution is 2.24. The fourth-order valence-electron chi connectivity index (χ4n) is 1.75. The van der Waals surface area contributed by atoms with Gasteiger partial charge >= 0.3 is 5.97 Å². The maximum Gasteiger partial charge on any atom is 0.326 e. The van der Waals surface area contributed by atoms with E-state index >= 15 is 0 Å². The molecule has 1 aromatic carbocycles. The summed E-state index contributed by atoms with van der Waals surface area (Å²) in [6.45, 7) is 3.80. The van der Waals surface area contributed by atoms with Gasteiger partial charge in [0.2, 0.25) is 0 Å². The van der Waals surface area contributed by atoms with Gasteiger partial charge in [-0.15, -0.1) is 11.3 Å². The molecule has 0 saturated carbocycles. The summed E-state index contributed by atoms with van der Waals surface area (Å²) >= 11 is 1.68. The number of nitrogens with one attached hydrogen (secondary N) is 1. The topological polar surface area (TPSA) is 49.3 Å². The molecule has 1 aromatic heterocycles. The second-order valence-corrected chi connectivity index (χ2v) is 5.33. The van der Waals surface area contributed by atoms with Gasteiger partial charge in [0.15, 0.2) is 0 Å². The molecular weight excluding hydrogens is 234 g/mol. The molecule has 1 atom stereocenters.